The quantitative estimate of drug-likeness (QED) is 0.877. The molecule has 1 aromatic carbocycles. The number of rotatable bonds is 2. The molecule has 122 valence electrons. The van der Waals surface area contributed by atoms with Gasteiger partial charge >= 0.3 is 6.09 Å². The molecule has 0 bridgehead atoms. The van der Waals surface area contributed by atoms with Crippen molar-refractivity contribution in [3.8, 4) is 0 Å². The highest BCUT2D eigenvalue weighted by molar-refractivity contribution is 5.95. The fourth-order valence-corrected chi connectivity index (χ4v) is 4.27. The molecule has 2 atom stereocenters. The van der Waals surface area contributed by atoms with Gasteiger partial charge in [0.15, 0.2) is 0 Å². The van der Waals surface area contributed by atoms with Crippen molar-refractivity contribution in [1.82, 2.24) is 15.1 Å². The molecule has 6 heteroatoms. The maximum atomic E-state index is 13.1. The highest BCUT2D eigenvalue weighted by atomic mass is 16.6. The summed E-state index contributed by atoms with van der Waals surface area (Å²) < 4.78 is 5.19. The Labute approximate surface area is 135 Å². The van der Waals surface area contributed by atoms with Gasteiger partial charge < -0.3 is 15.0 Å². The minimum absolute atomic E-state index is 0.0318. The first-order valence-corrected chi connectivity index (χ1v) is 8.05. The zero-order valence-corrected chi connectivity index (χ0v) is 13.2. The number of benzene rings is 1. The van der Waals surface area contributed by atoms with Crippen LogP contribution in [0.1, 0.15) is 11.6 Å². The summed E-state index contributed by atoms with van der Waals surface area (Å²) in [5, 5.41) is 3.33. The summed E-state index contributed by atoms with van der Waals surface area (Å²) in [5.41, 5.74) is 0.910. The van der Waals surface area contributed by atoms with Crippen LogP contribution in [-0.4, -0.2) is 61.6 Å². The van der Waals surface area contributed by atoms with Crippen molar-refractivity contribution in [2.75, 3.05) is 39.8 Å². The van der Waals surface area contributed by atoms with Gasteiger partial charge in [0.1, 0.15) is 12.6 Å². The molecule has 4 rings (SSSR count). The third-order valence-corrected chi connectivity index (χ3v) is 5.33. The predicted octanol–water partition coefficient (Wildman–Crippen LogP) is 0.858. The molecule has 1 aromatic rings. The van der Waals surface area contributed by atoms with Gasteiger partial charge in [0.05, 0.1) is 5.92 Å². The zero-order valence-electron chi connectivity index (χ0n) is 13.2. The highest BCUT2D eigenvalue weighted by Crippen LogP contribution is 2.42. The van der Waals surface area contributed by atoms with Gasteiger partial charge in [-0.15, -0.1) is 0 Å². The van der Waals surface area contributed by atoms with E-state index in [-0.39, 0.29) is 29.9 Å². The fraction of sp³-hybridized carbons (Fsp3) is 0.529. The first kappa shape index (κ1) is 14.7. The average Bonchev–Trinajstić information content (AvgIpc) is 3.11. The molecule has 0 aromatic heterocycles. The van der Waals surface area contributed by atoms with Gasteiger partial charge in [0.25, 0.3) is 0 Å². The number of hydrogen-bond donors (Lipinski definition) is 1. The second-order valence-corrected chi connectivity index (χ2v) is 6.93. The summed E-state index contributed by atoms with van der Waals surface area (Å²) in [6.45, 7) is 3.51. The normalized spacial score (nSPS) is 29.6. The van der Waals surface area contributed by atoms with Gasteiger partial charge in [-0.1, -0.05) is 30.3 Å². The number of cyclic esters (lactones) is 1. The minimum atomic E-state index is -0.515. The van der Waals surface area contributed by atoms with Gasteiger partial charge in [-0.05, 0) is 12.6 Å². The van der Waals surface area contributed by atoms with Crippen LogP contribution in [0.15, 0.2) is 30.3 Å². The van der Waals surface area contributed by atoms with E-state index in [0.717, 1.165) is 25.2 Å². The maximum absolute atomic E-state index is 13.1. The molecule has 1 N–H and O–H groups in total. The molecular formula is C17H21N3O3. The Morgan fingerprint density at radius 1 is 1.30 bits per heavy atom. The lowest BCUT2D eigenvalue weighted by Crippen LogP contribution is -2.61. The van der Waals surface area contributed by atoms with Crippen LogP contribution >= 0.6 is 0 Å². The van der Waals surface area contributed by atoms with E-state index in [0.29, 0.717) is 6.54 Å². The summed E-state index contributed by atoms with van der Waals surface area (Å²) in [4.78, 5) is 28.9. The number of imide groups is 1. The van der Waals surface area contributed by atoms with Crippen molar-refractivity contribution in [2.24, 2.45) is 11.3 Å². The predicted molar refractivity (Wildman–Crippen MR) is 83.7 cm³/mol. The lowest BCUT2D eigenvalue weighted by Gasteiger charge is -2.49. The molecule has 6 nitrogen and oxygen atoms in total. The average molecular weight is 315 g/mol. The van der Waals surface area contributed by atoms with Crippen LogP contribution in [-0.2, 0) is 9.53 Å². The Hall–Kier alpha value is -1.92. The number of amides is 2. The second kappa shape index (κ2) is 5.32. The van der Waals surface area contributed by atoms with E-state index in [1.807, 2.05) is 30.3 Å². The summed E-state index contributed by atoms with van der Waals surface area (Å²) >= 11 is 0. The van der Waals surface area contributed by atoms with E-state index in [2.05, 4.69) is 17.3 Å². The van der Waals surface area contributed by atoms with Crippen molar-refractivity contribution in [1.29, 1.82) is 0 Å². The number of ether oxygens (including phenoxy) is 1. The summed E-state index contributed by atoms with van der Waals surface area (Å²) in [6.07, 6.45) is -0.515. The van der Waals surface area contributed by atoms with Gasteiger partial charge in [-0.3, -0.25) is 4.79 Å². The van der Waals surface area contributed by atoms with Crippen molar-refractivity contribution >= 4 is 12.0 Å². The zero-order chi connectivity index (χ0) is 16.0. The number of carbonyl (C=O) groups is 2. The molecule has 3 saturated heterocycles. The van der Waals surface area contributed by atoms with E-state index >= 15 is 0 Å². The summed E-state index contributed by atoms with van der Waals surface area (Å²) in [7, 11) is 2.06. The molecule has 3 fully saturated rings. The summed E-state index contributed by atoms with van der Waals surface area (Å²) in [5.74, 6) is -0.255. The maximum Gasteiger partial charge on any atom is 0.417 e. The van der Waals surface area contributed by atoms with Crippen LogP contribution in [0.2, 0.25) is 0 Å². The molecule has 2 amide bonds. The van der Waals surface area contributed by atoms with Crippen LogP contribution < -0.4 is 5.32 Å². The number of likely N-dealkylation sites (tertiary alicyclic amines) is 1. The van der Waals surface area contributed by atoms with Gasteiger partial charge in [0.2, 0.25) is 5.91 Å². The molecule has 0 saturated carbocycles. The van der Waals surface area contributed by atoms with Gasteiger partial charge in [-0.25, -0.2) is 9.69 Å². The Kier molecular flexibility index (Phi) is 3.39. The summed E-state index contributed by atoms with van der Waals surface area (Å²) in [6, 6.07) is 9.32. The van der Waals surface area contributed by atoms with Crippen molar-refractivity contribution in [3.05, 3.63) is 35.9 Å². The first-order chi connectivity index (χ1) is 11.1. The Bertz CT molecular complexity index is 627. The van der Waals surface area contributed by atoms with Crippen LogP contribution in [0.5, 0.6) is 0 Å². The number of nitrogens with one attached hydrogen (secondary N) is 1. The van der Waals surface area contributed by atoms with Crippen molar-refractivity contribution in [3.63, 3.8) is 0 Å². The van der Waals surface area contributed by atoms with E-state index in [1.165, 1.54) is 4.90 Å². The highest BCUT2D eigenvalue weighted by Gasteiger charge is 2.56. The first-order valence-electron chi connectivity index (χ1n) is 8.05. The van der Waals surface area contributed by atoms with Gasteiger partial charge in [0, 0.05) is 31.6 Å². The number of carbonyl (C=O) groups excluding carboxylic acids is 2. The minimum Gasteiger partial charge on any atom is -0.446 e. The fourth-order valence-electron chi connectivity index (χ4n) is 4.27. The van der Waals surface area contributed by atoms with E-state index in [1.54, 1.807) is 0 Å². The molecule has 0 radical (unpaired) electrons. The van der Waals surface area contributed by atoms with Crippen LogP contribution in [0, 0.1) is 11.3 Å². The standard InChI is InChI=1S/C17H21N3O3/c1-19-10-17(11-19)9-18-7-13(17)15(21)20-14(8-23-16(20)22)12-5-3-2-4-6-12/h2-6,13-14,18H,7-11H2,1H3/t13-,14-/m0/s1. The van der Waals surface area contributed by atoms with E-state index < -0.39 is 6.09 Å². The van der Waals surface area contributed by atoms with E-state index in [9.17, 15) is 9.59 Å². The SMILES string of the molecule is CN1CC2(CNC[C@H]2C(=O)N2C(=O)OC[C@H]2c2ccccc2)C1. The molecule has 23 heavy (non-hydrogen) atoms. The Balaban J connectivity index is 1.60. The Morgan fingerprint density at radius 2 is 2.04 bits per heavy atom. The second-order valence-electron chi connectivity index (χ2n) is 6.93. The molecular weight excluding hydrogens is 294 g/mol. The van der Waals surface area contributed by atoms with Gasteiger partial charge in [-0.2, -0.15) is 0 Å². The largest absolute Gasteiger partial charge is 0.446 e. The lowest BCUT2D eigenvalue weighted by atomic mass is 9.71. The van der Waals surface area contributed by atoms with E-state index in [4.69, 9.17) is 4.74 Å². The molecule has 3 aliphatic heterocycles. The third kappa shape index (κ3) is 2.24. The third-order valence-electron chi connectivity index (χ3n) is 5.33. The van der Waals surface area contributed by atoms with Crippen molar-refractivity contribution in [2.45, 2.75) is 6.04 Å². The Morgan fingerprint density at radius 3 is 2.74 bits per heavy atom. The number of nitrogens with zero attached hydrogens (tertiary/aromatic N) is 2. The molecule has 0 unspecified atom stereocenters. The smallest absolute Gasteiger partial charge is 0.417 e. The topological polar surface area (TPSA) is 61.9 Å². The monoisotopic (exact) mass is 315 g/mol. The number of hydrogen-bond acceptors (Lipinski definition) is 5. The van der Waals surface area contributed by atoms with Crippen LogP contribution in [0.4, 0.5) is 4.79 Å². The molecule has 1 spiro atoms. The molecule has 3 heterocycles. The molecule has 0 aliphatic carbocycles. The molecule has 3 aliphatic rings. The van der Waals surface area contributed by atoms with Crippen LogP contribution in [0.25, 0.3) is 0 Å². The lowest BCUT2D eigenvalue weighted by molar-refractivity contribution is -0.140. The van der Waals surface area contributed by atoms with Crippen molar-refractivity contribution < 1.29 is 14.3 Å². The van der Waals surface area contributed by atoms with Crippen LogP contribution in [0.3, 0.4) is 0 Å².